The SMILES string of the molecule is NC1CCC2CN(CC=C(Cl)Cl)CC12. The molecule has 2 nitrogen and oxygen atoms in total. The van der Waals surface area contributed by atoms with Gasteiger partial charge in [-0.05, 0) is 30.8 Å². The lowest BCUT2D eigenvalue weighted by molar-refractivity contribution is 0.336. The summed E-state index contributed by atoms with van der Waals surface area (Å²) in [5, 5.41) is 0. The van der Waals surface area contributed by atoms with Crippen molar-refractivity contribution in [3.8, 4) is 0 Å². The summed E-state index contributed by atoms with van der Waals surface area (Å²) in [6.07, 6.45) is 4.35. The average Bonchev–Trinajstić information content (AvgIpc) is 2.65. The van der Waals surface area contributed by atoms with Crippen LogP contribution in [0.1, 0.15) is 12.8 Å². The van der Waals surface area contributed by atoms with Gasteiger partial charge in [-0.1, -0.05) is 23.2 Å². The highest BCUT2D eigenvalue weighted by atomic mass is 35.5. The molecule has 0 radical (unpaired) electrons. The van der Waals surface area contributed by atoms with E-state index in [1.54, 1.807) is 0 Å². The zero-order chi connectivity index (χ0) is 10.1. The number of nitrogens with zero attached hydrogens (tertiary/aromatic N) is 1. The maximum atomic E-state index is 6.04. The highest BCUT2D eigenvalue weighted by Gasteiger charge is 2.40. The van der Waals surface area contributed by atoms with Gasteiger partial charge in [0.05, 0.1) is 0 Å². The van der Waals surface area contributed by atoms with Crippen LogP contribution in [0, 0.1) is 11.8 Å². The van der Waals surface area contributed by atoms with Crippen LogP contribution in [0.25, 0.3) is 0 Å². The lowest BCUT2D eigenvalue weighted by Crippen LogP contribution is -2.30. The molecule has 2 fully saturated rings. The van der Waals surface area contributed by atoms with E-state index in [-0.39, 0.29) is 0 Å². The second kappa shape index (κ2) is 4.40. The molecular formula is C10H16Cl2N2. The number of halogens is 2. The van der Waals surface area contributed by atoms with Crippen LogP contribution in [-0.4, -0.2) is 30.6 Å². The van der Waals surface area contributed by atoms with Crippen molar-refractivity contribution in [1.29, 1.82) is 0 Å². The summed E-state index contributed by atoms with van der Waals surface area (Å²) in [7, 11) is 0. The van der Waals surface area contributed by atoms with Gasteiger partial charge in [-0.2, -0.15) is 0 Å². The minimum Gasteiger partial charge on any atom is -0.327 e. The van der Waals surface area contributed by atoms with Gasteiger partial charge < -0.3 is 5.73 Å². The molecule has 1 aliphatic heterocycles. The molecule has 0 aromatic carbocycles. The van der Waals surface area contributed by atoms with Crippen molar-refractivity contribution < 1.29 is 0 Å². The van der Waals surface area contributed by atoms with Gasteiger partial charge in [-0.15, -0.1) is 0 Å². The molecule has 14 heavy (non-hydrogen) atoms. The van der Waals surface area contributed by atoms with E-state index >= 15 is 0 Å². The van der Waals surface area contributed by atoms with E-state index in [0.29, 0.717) is 16.5 Å². The third-order valence-electron chi connectivity index (χ3n) is 3.49. The van der Waals surface area contributed by atoms with E-state index in [0.717, 1.165) is 25.6 Å². The zero-order valence-corrected chi connectivity index (χ0v) is 9.64. The largest absolute Gasteiger partial charge is 0.327 e. The second-order valence-electron chi connectivity index (χ2n) is 4.38. The summed E-state index contributed by atoms with van der Waals surface area (Å²) in [6.45, 7) is 3.14. The molecule has 0 aromatic heterocycles. The molecule has 2 rings (SSSR count). The summed E-state index contributed by atoms with van der Waals surface area (Å²) in [6, 6.07) is 0.417. The van der Waals surface area contributed by atoms with E-state index in [1.807, 2.05) is 6.08 Å². The van der Waals surface area contributed by atoms with Crippen molar-refractivity contribution in [3.63, 3.8) is 0 Å². The Morgan fingerprint density at radius 1 is 1.36 bits per heavy atom. The highest BCUT2D eigenvalue weighted by molar-refractivity contribution is 6.55. The van der Waals surface area contributed by atoms with E-state index < -0.39 is 0 Å². The number of hydrogen-bond acceptors (Lipinski definition) is 2. The van der Waals surface area contributed by atoms with Crippen molar-refractivity contribution in [2.75, 3.05) is 19.6 Å². The minimum absolute atomic E-state index is 0.367. The van der Waals surface area contributed by atoms with Gasteiger partial charge in [-0.25, -0.2) is 0 Å². The molecule has 0 aromatic rings. The van der Waals surface area contributed by atoms with Gasteiger partial charge in [0.15, 0.2) is 0 Å². The maximum absolute atomic E-state index is 6.04. The van der Waals surface area contributed by atoms with Gasteiger partial charge in [0.25, 0.3) is 0 Å². The molecule has 1 heterocycles. The van der Waals surface area contributed by atoms with Crippen molar-refractivity contribution in [1.82, 2.24) is 4.90 Å². The average molecular weight is 235 g/mol. The summed E-state index contributed by atoms with van der Waals surface area (Å²) < 4.78 is 0.367. The molecule has 0 bridgehead atoms. The first-order chi connectivity index (χ1) is 6.66. The highest BCUT2D eigenvalue weighted by Crippen LogP contribution is 2.36. The van der Waals surface area contributed by atoms with Gasteiger partial charge in [0.1, 0.15) is 4.49 Å². The molecular weight excluding hydrogens is 219 g/mol. The fourth-order valence-corrected chi connectivity index (χ4v) is 2.88. The van der Waals surface area contributed by atoms with Crippen molar-refractivity contribution in [2.24, 2.45) is 17.6 Å². The summed E-state index contributed by atoms with van der Waals surface area (Å²) in [4.78, 5) is 2.39. The van der Waals surface area contributed by atoms with E-state index in [1.165, 1.54) is 12.8 Å². The molecule has 2 N–H and O–H groups in total. The summed E-state index contributed by atoms with van der Waals surface area (Å²) in [5.41, 5.74) is 6.04. The molecule has 4 heteroatoms. The first-order valence-electron chi connectivity index (χ1n) is 5.16. The number of rotatable bonds is 2. The molecule has 1 aliphatic carbocycles. The van der Waals surface area contributed by atoms with Crippen LogP contribution in [0.5, 0.6) is 0 Å². The Labute approximate surface area is 95.0 Å². The van der Waals surface area contributed by atoms with Crippen molar-refractivity contribution in [2.45, 2.75) is 18.9 Å². The minimum atomic E-state index is 0.367. The normalized spacial score (nSPS) is 37.2. The fraction of sp³-hybridized carbons (Fsp3) is 0.800. The summed E-state index contributed by atoms with van der Waals surface area (Å²) in [5.74, 6) is 1.52. The Balaban J connectivity index is 1.86. The molecule has 1 saturated heterocycles. The lowest BCUT2D eigenvalue weighted by Gasteiger charge is -2.16. The predicted molar refractivity (Wildman–Crippen MR) is 60.4 cm³/mol. The molecule has 3 atom stereocenters. The first-order valence-corrected chi connectivity index (χ1v) is 5.91. The van der Waals surface area contributed by atoms with Crippen LogP contribution in [0.4, 0.5) is 0 Å². The third-order valence-corrected chi connectivity index (χ3v) is 3.80. The Morgan fingerprint density at radius 3 is 2.79 bits per heavy atom. The molecule has 0 amide bonds. The molecule has 0 spiro atoms. The van der Waals surface area contributed by atoms with Gasteiger partial charge in [0, 0.05) is 25.7 Å². The molecule has 3 unspecified atom stereocenters. The van der Waals surface area contributed by atoms with Crippen LogP contribution in [0.15, 0.2) is 10.6 Å². The third kappa shape index (κ3) is 2.25. The molecule has 2 aliphatic rings. The molecule has 1 saturated carbocycles. The monoisotopic (exact) mass is 234 g/mol. The fourth-order valence-electron chi connectivity index (χ4n) is 2.75. The maximum Gasteiger partial charge on any atom is 0.104 e. The standard InChI is InChI=1S/C10H16Cl2N2/c11-10(12)3-4-14-5-7-1-2-9(13)8(7)6-14/h3,7-9H,1-2,4-6,13H2. The van der Waals surface area contributed by atoms with Gasteiger partial charge in [-0.3, -0.25) is 4.90 Å². The van der Waals surface area contributed by atoms with Crippen LogP contribution in [0.2, 0.25) is 0 Å². The summed E-state index contributed by atoms with van der Waals surface area (Å²) >= 11 is 11.2. The van der Waals surface area contributed by atoms with Crippen molar-refractivity contribution >= 4 is 23.2 Å². The predicted octanol–water partition coefficient (Wildman–Crippen LogP) is 1.97. The number of likely N-dealkylation sites (tertiary alicyclic amines) is 1. The number of hydrogen-bond donors (Lipinski definition) is 1. The zero-order valence-electron chi connectivity index (χ0n) is 8.13. The van der Waals surface area contributed by atoms with Crippen molar-refractivity contribution in [3.05, 3.63) is 10.6 Å². The van der Waals surface area contributed by atoms with Crippen LogP contribution in [-0.2, 0) is 0 Å². The Morgan fingerprint density at radius 2 is 2.14 bits per heavy atom. The Hall–Kier alpha value is 0.240. The molecule has 80 valence electrons. The van der Waals surface area contributed by atoms with E-state index in [2.05, 4.69) is 4.90 Å². The smallest absolute Gasteiger partial charge is 0.104 e. The van der Waals surface area contributed by atoms with Crippen LogP contribution >= 0.6 is 23.2 Å². The Bertz CT molecular complexity index is 238. The quantitative estimate of drug-likeness (QED) is 0.792. The van der Waals surface area contributed by atoms with Gasteiger partial charge in [0.2, 0.25) is 0 Å². The lowest BCUT2D eigenvalue weighted by atomic mass is 9.98. The second-order valence-corrected chi connectivity index (χ2v) is 5.39. The number of fused-ring (bicyclic) bond motifs is 1. The van der Waals surface area contributed by atoms with E-state index in [4.69, 9.17) is 28.9 Å². The topological polar surface area (TPSA) is 29.3 Å². The van der Waals surface area contributed by atoms with Gasteiger partial charge >= 0.3 is 0 Å². The van der Waals surface area contributed by atoms with Crippen LogP contribution in [0.3, 0.4) is 0 Å². The van der Waals surface area contributed by atoms with E-state index in [9.17, 15) is 0 Å². The Kier molecular flexibility index (Phi) is 3.38. The number of nitrogens with two attached hydrogens (primary N) is 1. The first kappa shape index (κ1) is 10.7. The van der Waals surface area contributed by atoms with Crippen LogP contribution < -0.4 is 5.73 Å².